The molecule has 0 N–H and O–H groups in total. The zero-order chi connectivity index (χ0) is 50.7. The van der Waals surface area contributed by atoms with Gasteiger partial charge in [0, 0.05) is 38.0 Å². The molecule has 1 aromatic heterocycles. The summed E-state index contributed by atoms with van der Waals surface area (Å²) in [4.78, 5) is 2.59. The van der Waals surface area contributed by atoms with Gasteiger partial charge in [-0.1, -0.05) is 214 Å². The van der Waals surface area contributed by atoms with Crippen LogP contribution in [0, 0.1) is 0 Å². The first kappa shape index (κ1) is 45.2. The predicted octanol–water partition coefficient (Wildman–Crippen LogP) is 20.5. The number of ether oxygens (including phenoxy) is 1. The number of para-hydroxylation sites is 1. The van der Waals surface area contributed by atoms with Crippen LogP contribution in [0.5, 0.6) is 11.5 Å². The Labute approximate surface area is 456 Å². The smallest absolute Gasteiger partial charge is 0.132 e. The van der Waals surface area contributed by atoms with Gasteiger partial charge in [-0.3, -0.25) is 0 Å². The summed E-state index contributed by atoms with van der Waals surface area (Å²) in [7, 11) is 0. The molecule has 2 saturated carbocycles. The highest BCUT2D eigenvalue weighted by Gasteiger charge is 2.52. The Kier molecular flexibility index (Phi) is 10.5. The minimum Gasteiger partial charge on any atom is -0.457 e. The molecule has 372 valence electrons. The number of thiophene rings is 1. The summed E-state index contributed by atoms with van der Waals surface area (Å²) in [6, 6.07) is 86.2. The van der Waals surface area contributed by atoms with Gasteiger partial charge in [-0.05, 0) is 153 Å². The van der Waals surface area contributed by atoms with Crippen LogP contribution in [-0.2, 0) is 10.8 Å². The van der Waals surface area contributed by atoms with Crippen LogP contribution in [0.15, 0.2) is 224 Å². The van der Waals surface area contributed by atoms with Crippen LogP contribution in [0.4, 0.5) is 17.1 Å². The van der Waals surface area contributed by atoms with Gasteiger partial charge in [0.1, 0.15) is 11.5 Å². The molecule has 5 aliphatic rings. The van der Waals surface area contributed by atoms with E-state index in [0.717, 1.165) is 22.9 Å². The molecule has 0 bridgehead atoms. The second-order valence-corrected chi connectivity index (χ2v) is 23.7. The highest BCUT2D eigenvalue weighted by molar-refractivity contribution is 7.26. The average Bonchev–Trinajstić information content (AvgIpc) is 4.32. The largest absolute Gasteiger partial charge is 0.457 e. The molecule has 3 heteroatoms. The maximum Gasteiger partial charge on any atom is 0.132 e. The molecule has 16 rings (SSSR count). The van der Waals surface area contributed by atoms with Crippen LogP contribution >= 0.6 is 11.3 Å². The second-order valence-electron chi connectivity index (χ2n) is 22.7. The topological polar surface area (TPSA) is 12.5 Å². The summed E-state index contributed by atoms with van der Waals surface area (Å²) in [6.45, 7) is 0. The zero-order valence-electron chi connectivity index (χ0n) is 43.4. The lowest BCUT2D eigenvalue weighted by Crippen LogP contribution is -2.33. The van der Waals surface area contributed by atoms with Crippen molar-refractivity contribution >= 4 is 48.6 Å². The Morgan fingerprint density at radius 3 is 1.55 bits per heavy atom. The molecule has 2 fully saturated rings. The van der Waals surface area contributed by atoms with E-state index in [-0.39, 0.29) is 0 Å². The van der Waals surface area contributed by atoms with E-state index in [2.05, 4.69) is 229 Å². The quantitative estimate of drug-likeness (QED) is 0.158. The molecule has 0 atom stereocenters. The van der Waals surface area contributed by atoms with E-state index in [9.17, 15) is 0 Å². The molecule has 0 radical (unpaired) electrons. The maximum atomic E-state index is 7.25. The summed E-state index contributed by atoms with van der Waals surface area (Å²) < 4.78 is 9.82. The van der Waals surface area contributed by atoms with Gasteiger partial charge >= 0.3 is 0 Å². The van der Waals surface area contributed by atoms with Crippen LogP contribution in [0.2, 0.25) is 0 Å². The molecule has 4 aliphatic carbocycles. The molecule has 0 unspecified atom stereocenters. The first-order valence-electron chi connectivity index (χ1n) is 28.4. The van der Waals surface area contributed by atoms with E-state index >= 15 is 0 Å². The summed E-state index contributed by atoms with van der Waals surface area (Å²) in [5, 5.41) is 2.57. The number of fused-ring (bicyclic) bond motifs is 15. The van der Waals surface area contributed by atoms with Gasteiger partial charge in [-0.15, -0.1) is 11.3 Å². The standard InChI is InChI=1S/C74H59NOS/c1-5-20-48(21-6-1)50-36-40-57-58-41-37-51(49-22-7-2-8-23-49)45-65(58)74(64(57)44-50)63-32-16-17-34-69(63)76-70-43-39-55(47-67(70)74)75(68-33-19-30-61-60-29-14-18-35-71(60)77-72(61)68)54-38-42-59-56-28-13-15-31-62(56)73(66(59)46-54,52-24-9-3-10-25-52)53-26-11-4-12-27-53/h3-4,9-19,24-49H,1-2,5-8,20-23H2. The molecule has 77 heavy (non-hydrogen) atoms. The summed E-state index contributed by atoms with van der Waals surface area (Å²) in [5.41, 5.74) is 20.8. The van der Waals surface area contributed by atoms with Crippen LogP contribution in [0.1, 0.15) is 132 Å². The highest BCUT2D eigenvalue weighted by atomic mass is 32.1. The van der Waals surface area contributed by atoms with Gasteiger partial charge in [0.25, 0.3) is 0 Å². The predicted molar refractivity (Wildman–Crippen MR) is 320 cm³/mol. The molecular formula is C74H59NOS. The molecule has 0 amide bonds. The first-order valence-corrected chi connectivity index (χ1v) is 29.3. The SMILES string of the molecule is c1ccc(C2(c3ccccc3)c3ccccc3-c3ccc(N(c4ccc5c(c4)C4(c6ccccc6O5)c5cc(C6CCCCC6)ccc5-c5ccc(C6CCCCC6)cc54)c4cccc5c4sc4ccccc45)cc32)cc1. The third kappa shape index (κ3) is 6.66. The normalized spacial score (nSPS) is 16.8. The fourth-order valence-electron chi connectivity index (χ4n) is 15.4. The molecule has 1 aliphatic heterocycles. The number of benzene rings is 10. The lowest BCUT2D eigenvalue weighted by Gasteiger charge is -2.41. The summed E-state index contributed by atoms with van der Waals surface area (Å²) >= 11 is 1.90. The monoisotopic (exact) mass is 1010 g/mol. The van der Waals surface area contributed by atoms with Crippen LogP contribution < -0.4 is 9.64 Å². The Bertz CT molecular complexity index is 4010. The van der Waals surface area contributed by atoms with E-state index in [1.165, 1.54) is 168 Å². The van der Waals surface area contributed by atoms with Crippen LogP contribution in [0.3, 0.4) is 0 Å². The molecule has 10 aromatic carbocycles. The lowest BCUT2D eigenvalue weighted by molar-refractivity contribution is 0.433. The fourth-order valence-corrected chi connectivity index (χ4v) is 16.6. The summed E-state index contributed by atoms with van der Waals surface area (Å²) in [6.07, 6.45) is 12.9. The van der Waals surface area contributed by atoms with Crippen molar-refractivity contribution in [3.05, 3.63) is 280 Å². The van der Waals surface area contributed by atoms with E-state index in [0.29, 0.717) is 11.8 Å². The maximum absolute atomic E-state index is 7.25. The van der Waals surface area contributed by atoms with Gasteiger partial charge < -0.3 is 9.64 Å². The van der Waals surface area contributed by atoms with Gasteiger partial charge in [-0.25, -0.2) is 0 Å². The number of rotatable bonds is 7. The van der Waals surface area contributed by atoms with Gasteiger partial charge in [0.15, 0.2) is 0 Å². The van der Waals surface area contributed by atoms with Gasteiger partial charge in [0.05, 0.1) is 21.2 Å². The van der Waals surface area contributed by atoms with Crippen molar-refractivity contribution in [2.24, 2.45) is 0 Å². The van der Waals surface area contributed by atoms with Crippen molar-refractivity contribution in [3.8, 4) is 33.8 Å². The van der Waals surface area contributed by atoms with Crippen molar-refractivity contribution in [3.63, 3.8) is 0 Å². The van der Waals surface area contributed by atoms with Crippen molar-refractivity contribution < 1.29 is 4.74 Å². The Hall–Kier alpha value is -7.98. The fraction of sp³-hybridized carbons (Fsp3) is 0.189. The first-order chi connectivity index (χ1) is 38.2. The second kappa shape index (κ2) is 17.8. The molecule has 2 nitrogen and oxygen atoms in total. The van der Waals surface area contributed by atoms with Crippen LogP contribution in [0.25, 0.3) is 42.4 Å². The van der Waals surface area contributed by atoms with Crippen LogP contribution in [-0.4, -0.2) is 0 Å². The molecule has 0 saturated heterocycles. The Morgan fingerprint density at radius 1 is 0.364 bits per heavy atom. The Balaban J connectivity index is 0.984. The van der Waals surface area contributed by atoms with Crippen molar-refractivity contribution in [1.29, 1.82) is 0 Å². The number of hydrogen-bond donors (Lipinski definition) is 0. The molecule has 2 heterocycles. The van der Waals surface area contributed by atoms with Gasteiger partial charge in [0.2, 0.25) is 0 Å². The Morgan fingerprint density at radius 2 is 0.870 bits per heavy atom. The van der Waals surface area contributed by atoms with Gasteiger partial charge in [-0.2, -0.15) is 0 Å². The minimum atomic E-state index is -0.620. The van der Waals surface area contributed by atoms with E-state index < -0.39 is 10.8 Å². The number of anilines is 3. The van der Waals surface area contributed by atoms with Crippen molar-refractivity contribution in [2.45, 2.75) is 86.9 Å². The molecular weight excluding hydrogens is 951 g/mol. The summed E-state index contributed by atoms with van der Waals surface area (Å²) in [5.74, 6) is 3.00. The molecule has 1 spiro atoms. The minimum absolute atomic E-state index is 0.555. The van der Waals surface area contributed by atoms with Crippen molar-refractivity contribution in [2.75, 3.05) is 4.90 Å². The third-order valence-electron chi connectivity index (χ3n) is 18.8. The molecule has 11 aromatic rings. The van der Waals surface area contributed by atoms with E-state index in [4.69, 9.17) is 4.74 Å². The highest BCUT2D eigenvalue weighted by Crippen LogP contribution is 2.64. The van der Waals surface area contributed by atoms with E-state index in [1.54, 1.807) is 0 Å². The zero-order valence-corrected chi connectivity index (χ0v) is 44.2. The number of hydrogen-bond acceptors (Lipinski definition) is 3. The lowest BCUT2D eigenvalue weighted by atomic mass is 9.65. The van der Waals surface area contributed by atoms with E-state index in [1.807, 2.05) is 11.3 Å². The third-order valence-corrected chi connectivity index (χ3v) is 20.0. The average molecular weight is 1010 g/mol. The number of nitrogens with zero attached hydrogens (tertiary/aromatic N) is 1. The van der Waals surface area contributed by atoms with Crippen molar-refractivity contribution in [1.82, 2.24) is 0 Å².